The van der Waals surface area contributed by atoms with Crippen LogP contribution in [0.3, 0.4) is 0 Å². The Morgan fingerprint density at radius 3 is 2.96 bits per heavy atom. The second kappa shape index (κ2) is 7.29. The highest BCUT2D eigenvalue weighted by Crippen LogP contribution is 2.22. The lowest BCUT2D eigenvalue weighted by atomic mass is 10.2. The van der Waals surface area contributed by atoms with Crippen LogP contribution in [0.25, 0.3) is 0 Å². The molecule has 5 nitrogen and oxygen atoms in total. The molecule has 122 valence electrons. The van der Waals surface area contributed by atoms with E-state index >= 15 is 0 Å². The van der Waals surface area contributed by atoms with Crippen molar-refractivity contribution >= 4 is 28.9 Å². The molecule has 2 aromatic rings. The van der Waals surface area contributed by atoms with Crippen LogP contribution in [0.1, 0.15) is 23.5 Å². The van der Waals surface area contributed by atoms with Gasteiger partial charge in [0.2, 0.25) is 0 Å². The lowest BCUT2D eigenvalue weighted by molar-refractivity contribution is -0.142. The van der Waals surface area contributed by atoms with Gasteiger partial charge in [-0.25, -0.2) is 4.98 Å². The molecule has 1 N–H and O–H groups in total. The Kier molecular flexibility index (Phi) is 5.15. The largest absolute Gasteiger partial charge is 0.486 e. The molecular weight excluding hydrogens is 336 g/mol. The van der Waals surface area contributed by atoms with Crippen molar-refractivity contribution in [3.63, 3.8) is 0 Å². The van der Waals surface area contributed by atoms with Crippen molar-refractivity contribution in [1.29, 1.82) is 0 Å². The minimum absolute atomic E-state index is 0.384. The number of rotatable bonds is 6. The molecule has 7 heteroatoms. The molecule has 1 aliphatic rings. The second-order valence-corrected chi connectivity index (χ2v) is 6.82. The number of hydrogen-bond acceptors (Lipinski definition) is 5. The van der Waals surface area contributed by atoms with Gasteiger partial charge < -0.3 is 9.84 Å². The molecule has 1 aromatic heterocycles. The van der Waals surface area contributed by atoms with Gasteiger partial charge in [-0.05, 0) is 43.7 Å². The third-order valence-corrected chi connectivity index (χ3v) is 4.91. The number of hydrogen-bond donors (Lipinski definition) is 1. The van der Waals surface area contributed by atoms with Crippen molar-refractivity contribution < 1.29 is 14.6 Å². The number of aromatic nitrogens is 1. The topological polar surface area (TPSA) is 62.7 Å². The fraction of sp³-hybridized carbons (Fsp3) is 0.375. The first kappa shape index (κ1) is 16.2. The molecule has 3 rings (SSSR count). The van der Waals surface area contributed by atoms with Gasteiger partial charge in [-0.3, -0.25) is 9.69 Å². The van der Waals surface area contributed by atoms with Crippen LogP contribution in [0, 0.1) is 0 Å². The average Bonchev–Trinajstić information content (AvgIpc) is 3.16. The van der Waals surface area contributed by atoms with Gasteiger partial charge in [0.1, 0.15) is 23.4 Å². The standard InChI is InChI=1S/C16H17ClN2O3S/c17-11-3-5-13(6-4-11)22-9-15-18-12(10-23-15)8-19-7-1-2-14(19)16(20)21/h3-6,10,14H,1-2,7-9H2,(H,20,21)/t14-/m1/s1. The van der Waals surface area contributed by atoms with Crippen LogP contribution in [0.4, 0.5) is 0 Å². The van der Waals surface area contributed by atoms with Gasteiger partial charge >= 0.3 is 5.97 Å². The molecule has 0 bridgehead atoms. The predicted octanol–water partition coefficient (Wildman–Crippen LogP) is 3.42. The number of benzene rings is 1. The summed E-state index contributed by atoms with van der Waals surface area (Å²) < 4.78 is 5.67. The van der Waals surface area contributed by atoms with Crippen LogP contribution in [0.5, 0.6) is 5.75 Å². The summed E-state index contributed by atoms with van der Waals surface area (Å²) in [6.07, 6.45) is 1.64. The number of thiazole rings is 1. The van der Waals surface area contributed by atoms with Crippen LogP contribution in [0.2, 0.25) is 5.02 Å². The highest BCUT2D eigenvalue weighted by atomic mass is 35.5. The lowest BCUT2D eigenvalue weighted by Gasteiger charge is -2.19. The summed E-state index contributed by atoms with van der Waals surface area (Å²) in [6, 6.07) is 6.81. The van der Waals surface area contributed by atoms with Crippen LogP contribution < -0.4 is 4.74 Å². The second-order valence-electron chi connectivity index (χ2n) is 5.44. The van der Waals surface area contributed by atoms with E-state index in [1.807, 2.05) is 22.4 Å². The van der Waals surface area contributed by atoms with E-state index in [1.165, 1.54) is 11.3 Å². The van der Waals surface area contributed by atoms with Crippen LogP contribution in [0.15, 0.2) is 29.6 Å². The smallest absolute Gasteiger partial charge is 0.320 e. The van der Waals surface area contributed by atoms with E-state index < -0.39 is 5.97 Å². The number of halogens is 1. The van der Waals surface area contributed by atoms with Crippen molar-refractivity contribution in [2.24, 2.45) is 0 Å². The van der Waals surface area contributed by atoms with Gasteiger partial charge in [0.05, 0.1) is 5.69 Å². The van der Waals surface area contributed by atoms with Crippen molar-refractivity contribution in [2.45, 2.75) is 32.0 Å². The molecule has 1 aliphatic heterocycles. The maximum atomic E-state index is 11.2. The Bertz CT molecular complexity index is 674. The number of aliphatic carboxylic acids is 1. The van der Waals surface area contributed by atoms with E-state index in [1.54, 1.807) is 12.1 Å². The van der Waals surface area contributed by atoms with Gasteiger partial charge in [-0.2, -0.15) is 0 Å². The number of likely N-dealkylation sites (tertiary alicyclic amines) is 1. The van der Waals surface area contributed by atoms with Gasteiger partial charge in [0.15, 0.2) is 0 Å². The first-order valence-electron chi connectivity index (χ1n) is 7.40. The Morgan fingerprint density at radius 1 is 1.43 bits per heavy atom. The van der Waals surface area contributed by atoms with Crippen LogP contribution >= 0.6 is 22.9 Å². The minimum atomic E-state index is -0.746. The molecular formula is C16H17ClN2O3S. The molecule has 0 spiro atoms. The zero-order valence-corrected chi connectivity index (χ0v) is 14.0. The molecule has 2 heterocycles. The molecule has 0 unspecified atom stereocenters. The highest BCUT2D eigenvalue weighted by molar-refractivity contribution is 7.09. The number of carbonyl (C=O) groups is 1. The summed E-state index contributed by atoms with van der Waals surface area (Å²) in [6.45, 7) is 1.79. The monoisotopic (exact) mass is 352 g/mol. The zero-order chi connectivity index (χ0) is 16.2. The Hall–Kier alpha value is -1.63. The molecule has 1 saturated heterocycles. The lowest BCUT2D eigenvalue weighted by Crippen LogP contribution is -2.35. The van der Waals surface area contributed by atoms with Crippen LogP contribution in [-0.2, 0) is 17.9 Å². The Labute approximate surface area is 143 Å². The fourth-order valence-electron chi connectivity index (χ4n) is 2.67. The molecule has 0 amide bonds. The normalized spacial score (nSPS) is 18.2. The molecule has 1 aromatic carbocycles. The maximum Gasteiger partial charge on any atom is 0.320 e. The van der Waals surface area contributed by atoms with Gasteiger partial charge in [0, 0.05) is 16.9 Å². The first-order valence-corrected chi connectivity index (χ1v) is 8.66. The molecule has 1 fully saturated rings. The number of carboxylic acids is 1. The first-order chi connectivity index (χ1) is 11.1. The van der Waals surface area contributed by atoms with Gasteiger partial charge in [0.25, 0.3) is 0 Å². The van der Waals surface area contributed by atoms with Gasteiger partial charge in [-0.1, -0.05) is 11.6 Å². The van der Waals surface area contributed by atoms with E-state index in [0.717, 1.165) is 29.4 Å². The number of carboxylic acid groups (broad SMARTS) is 1. The average molecular weight is 353 g/mol. The van der Waals surface area contributed by atoms with Crippen molar-refractivity contribution in [3.05, 3.63) is 45.4 Å². The molecule has 1 atom stereocenters. The van der Waals surface area contributed by atoms with E-state index in [4.69, 9.17) is 16.3 Å². The quantitative estimate of drug-likeness (QED) is 0.863. The highest BCUT2D eigenvalue weighted by Gasteiger charge is 2.30. The van der Waals surface area contributed by atoms with E-state index in [9.17, 15) is 9.90 Å². The summed E-state index contributed by atoms with van der Waals surface area (Å²) in [5, 5.41) is 12.7. The van der Waals surface area contributed by atoms with Crippen molar-refractivity contribution in [3.8, 4) is 5.75 Å². The summed E-state index contributed by atoms with van der Waals surface area (Å²) in [4.78, 5) is 17.7. The molecule has 0 radical (unpaired) electrons. The molecule has 23 heavy (non-hydrogen) atoms. The zero-order valence-electron chi connectivity index (χ0n) is 12.4. The fourth-order valence-corrected chi connectivity index (χ4v) is 3.49. The summed E-state index contributed by atoms with van der Waals surface area (Å²) in [7, 11) is 0. The van der Waals surface area contributed by atoms with E-state index in [2.05, 4.69) is 4.98 Å². The number of ether oxygens (including phenoxy) is 1. The van der Waals surface area contributed by atoms with Gasteiger partial charge in [-0.15, -0.1) is 11.3 Å². The SMILES string of the molecule is O=C(O)[C@H]1CCCN1Cc1csc(COc2ccc(Cl)cc2)n1. The maximum absolute atomic E-state index is 11.2. The van der Waals surface area contributed by atoms with Crippen molar-refractivity contribution in [2.75, 3.05) is 6.54 Å². The molecule has 0 saturated carbocycles. The Morgan fingerprint density at radius 2 is 2.22 bits per heavy atom. The predicted molar refractivity (Wildman–Crippen MR) is 89.0 cm³/mol. The number of nitrogens with zero attached hydrogens (tertiary/aromatic N) is 2. The third kappa shape index (κ3) is 4.22. The summed E-state index contributed by atoms with van der Waals surface area (Å²) in [5.41, 5.74) is 0.901. The molecule has 0 aliphatic carbocycles. The van der Waals surface area contributed by atoms with Crippen molar-refractivity contribution in [1.82, 2.24) is 9.88 Å². The Balaban J connectivity index is 1.55. The summed E-state index contributed by atoms with van der Waals surface area (Å²) in [5.74, 6) is 0.000610. The van der Waals surface area contributed by atoms with E-state index in [0.29, 0.717) is 24.6 Å². The third-order valence-electron chi connectivity index (χ3n) is 3.79. The van der Waals surface area contributed by atoms with Crippen LogP contribution in [-0.4, -0.2) is 33.5 Å². The summed E-state index contributed by atoms with van der Waals surface area (Å²) >= 11 is 7.36. The minimum Gasteiger partial charge on any atom is -0.486 e. The van der Waals surface area contributed by atoms with E-state index in [-0.39, 0.29) is 6.04 Å².